The van der Waals surface area contributed by atoms with Crippen molar-refractivity contribution >= 4 is 17.6 Å². The van der Waals surface area contributed by atoms with Crippen molar-refractivity contribution < 1.29 is 13.6 Å². The number of halogens is 1. The molecule has 1 N–H and O–H groups in total. The van der Waals surface area contributed by atoms with Crippen molar-refractivity contribution in [3.05, 3.63) is 54.2 Å². The van der Waals surface area contributed by atoms with Crippen LogP contribution in [0.1, 0.15) is 23.9 Å². The van der Waals surface area contributed by atoms with Crippen LogP contribution >= 0.6 is 0 Å². The first kappa shape index (κ1) is 21.7. The highest BCUT2D eigenvalue weighted by atomic mass is 19.1. The highest BCUT2D eigenvalue weighted by molar-refractivity contribution is 5.91. The first-order chi connectivity index (χ1) is 14.6. The summed E-state index contributed by atoms with van der Waals surface area (Å²) in [6.45, 7) is 6.86. The molecule has 1 aromatic heterocycles. The van der Waals surface area contributed by atoms with Crippen LogP contribution < -0.4 is 10.2 Å². The normalized spacial score (nSPS) is 14.7. The van der Waals surface area contributed by atoms with Gasteiger partial charge in [0.15, 0.2) is 11.7 Å². The van der Waals surface area contributed by atoms with E-state index in [-0.39, 0.29) is 11.7 Å². The molecule has 1 aromatic carbocycles. The Balaban J connectivity index is 1.49. The second-order valence-electron chi connectivity index (χ2n) is 7.22. The van der Waals surface area contributed by atoms with E-state index in [1.165, 1.54) is 12.3 Å². The summed E-state index contributed by atoms with van der Waals surface area (Å²) < 4.78 is 19.1. The van der Waals surface area contributed by atoms with Crippen LogP contribution in [0.15, 0.2) is 52.1 Å². The van der Waals surface area contributed by atoms with E-state index in [9.17, 15) is 9.18 Å². The van der Waals surface area contributed by atoms with Gasteiger partial charge in [-0.25, -0.2) is 4.39 Å². The molecule has 0 unspecified atom stereocenters. The standard InChI is InChI=1S/C22H30FN5O2/c1-3-24-22(25-11-7-12-26(2)19-9-5-4-8-18(19)23)28-15-13-27(14-16-28)21(29)20-10-6-17-30-20/h4-6,8-10,17H,3,7,11-16H2,1-2H3,(H,24,25). The van der Waals surface area contributed by atoms with E-state index in [0.29, 0.717) is 44.2 Å². The Hall–Kier alpha value is -3.03. The molecule has 1 aliphatic heterocycles. The monoisotopic (exact) mass is 415 g/mol. The molecule has 162 valence electrons. The fraction of sp³-hybridized carbons (Fsp3) is 0.455. The number of carbonyl (C=O) groups is 1. The maximum Gasteiger partial charge on any atom is 0.289 e. The van der Waals surface area contributed by atoms with Gasteiger partial charge in [-0.1, -0.05) is 12.1 Å². The molecule has 0 spiro atoms. The van der Waals surface area contributed by atoms with Crippen LogP contribution in [0, 0.1) is 5.82 Å². The molecule has 2 heterocycles. The third-order valence-corrected chi connectivity index (χ3v) is 5.11. The number of carbonyl (C=O) groups excluding carboxylic acids is 1. The van der Waals surface area contributed by atoms with Gasteiger partial charge in [0.2, 0.25) is 0 Å². The molecule has 1 aliphatic rings. The molecule has 7 nitrogen and oxygen atoms in total. The van der Waals surface area contributed by atoms with Gasteiger partial charge in [0, 0.05) is 52.9 Å². The summed E-state index contributed by atoms with van der Waals surface area (Å²) in [4.78, 5) is 23.0. The lowest BCUT2D eigenvalue weighted by atomic mass is 10.2. The van der Waals surface area contributed by atoms with Crippen molar-refractivity contribution in [3.63, 3.8) is 0 Å². The Kier molecular flexibility index (Phi) is 7.70. The zero-order chi connectivity index (χ0) is 21.3. The van der Waals surface area contributed by atoms with Crippen LogP contribution in [0.3, 0.4) is 0 Å². The number of furan rings is 1. The SMILES string of the molecule is CCNC(=NCCCN(C)c1ccccc1F)N1CCN(C(=O)c2ccco2)CC1. The summed E-state index contributed by atoms with van der Waals surface area (Å²) in [7, 11) is 1.89. The predicted molar refractivity (Wildman–Crippen MR) is 116 cm³/mol. The van der Waals surface area contributed by atoms with Gasteiger partial charge in [0.05, 0.1) is 12.0 Å². The number of aliphatic imine (C=N–C) groups is 1. The smallest absolute Gasteiger partial charge is 0.289 e. The minimum atomic E-state index is -0.209. The largest absolute Gasteiger partial charge is 0.459 e. The molecule has 3 rings (SSSR count). The molecule has 0 radical (unpaired) electrons. The minimum absolute atomic E-state index is 0.0715. The highest BCUT2D eigenvalue weighted by Crippen LogP contribution is 2.17. The number of para-hydroxylation sites is 1. The summed E-state index contributed by atoms with van der Waals surface area (Å²) in [5.41, 5.74) is 0.603. The first-order valence-corrected chi connectivity index (χ1v) is 10.4. The Labute approximate surface area is 177 Å². The maximum atomic E-state index is 13.9. The second kappa shape index (κ2) is 10.7. The number of hydrogen-bond acceptors (Lipinski definition) is 4. The summed E-state index contributed by atoms with van der Waals surface area (Å²) in [6, 6.07) is 10.2. The van der Waals surface area contributed by atoms with Gasteiger partial charge in [-0.2, -0.15) is 0 Å². The highest BCUT2D eigenvalue weighted by Gasteiger charge is 2.25. The van der Waals surface area contributed by atoms with Crippen molar-refractivity contribution in [3.8, 4) is 0 Å². The molecule has 30 heavy (non-hydrogen) atoms. The van der Waals surface area contributed by atoms with Gasteiger partial charge in [-0.05, 0) is 37.6 Å². The molecule has 1 fully saturated rings. The average molecular weight is 416 g/mol. The number of amides is 1. The molecular formula is C22H30FN5O2. The summed E-state index contributed by atoms with van der Waals surface area (Å²) in [5.74, 6) is 0.954. The number of rotatable bonds is 7. The van der Waals surface area contributed by atoms with E-state index >= 15 is 0 Å². The third-order valence-electron chi connectivity index (χ3n) is 5.11. The van der Waals surface area contributed by atoms with Gasteiger partial charge in [0.25, 0.3) is 5.91 Å². The second-order valence-corrected chi connectivity index (χ2v) is 7.22. The van der Waals surface area contributed by atoms with Crippen molar-refractivity contribution in [2.75, 3.05) is 57.8 Å². The molecule has 0 aliphatic carbocycles. The number of hydrogen-bond donors (Lipinski definition) is 1. The molecule has 1 saturated heterocycles. The summed E-state index contributed by atoms with van der Waals surface area (Å²) in [5, 5.41) is 3.33. The number of guanidine groups is 1. The van der Waals surface area contributed by atoms with E-state index in [2.05, 4.69) is 10.2 Å². The van der Waals surface area contributed by atoms with Gasteiger partial charge in [-0.3, -0.25) is 9.79 Å². The Bertz CT molecular complexity index is 832. The maximum absolute atomic E-state index is 13.9. The van der Waals surface area contributed by atoms with Crippen LogP contribution in [0.5, 0.6) is 0 Å². The van der Waals surface area contributed by atoms with Gasteiger partial charge < -0.3 is 24.4 Å². The Morgan fingerprint density at radius 2 is 1.90 bits per heavy atom. The Morgan fingerprint density at radius 3 is 2.57 bits per heavy atom. The number of benzene rings is 1. The van der Waals surface area contributed by atoms with Crippen molar-refractivity contribution in [1.29, 1.82) is 0 Å². The van der Waals surface area contributed by atoms with E-state index in [4.69, 9.17) is 9.41 Å². The van der Waals surface area contributed by atoms with Gasteiger partial charge in [-0.15, -0.1) is 0 Å². The zero-order valence-electron chi connectivity index (χ0n) is 17.7. The topological polar surface area (TPSA) is 64.3 Å². The predicted octanol–water partition coefficient (Wildman–Crippen LogP) is 2.67. The van der Waals surface area contributed by atoms with Crippen LogP contribution in [-0.4, -0.2) is 74.5 Å². The van der Waals surface area contributed by atoms with Gasteiger partial charge >= 0.3 is 0 Å². The van der Waals surface area contributed by atoms with Crippen molar-refractivity contribution in [2.45, 2.75) is 13.3 Å². The number of anilines is 1. The quantitative estimate of drug-likeness (QED) is 0.428. The third kappa shape index (κ3) is 5.52. The molecule has 8 heteroatoms. The Morgan fingerprint density at radius 1 is 1.17 bits per heavy atom. The lowest BCUT2D eigenvalue weighted by Crippen LogP contribution is -2.53. The fourth-order valence-electron chi connectivity index (χ4n) is 3.48. The molecule has 2 aromatic rings. The van der Waals surface area contributed by atoms with Crippen LogP contribution in [-0.2, 0) is 0 Å². The van der Waals surface area contributed by atoms with E-state index in [1.807, 2.05) is 29.8 Å². The number of nitrogens with one attached hydrogen (secondary N) is 1. The number of nitrogens with zero attached hydrogens (tertiary/aromatic N) is 4. The fourth-order valence-corrected chi connectivity index (χ4v) is 3.48. The summed E-state index contributed by atoms with van der Waals surface area (Å²) >= 11 is 0. The summed E-state index contributed by atoms with van der Waals surface area (Å²) in [6.07, 6.45) is 2.33. The van der Waals surface area contributed by atoms with Gasteiger partial charge in [0.1, 0.15) is 5.82 Å². The zero-order valence-corrected chi connectivity index (χ0v) is 17.7. The van der Waals surface area contributed by atoms with Crippen LogP contribution in [0.4, 0.5) is 10.1 Å². The van der Waals surface area contributed by atoms with E-state index < -0.39 is 0 Å². The molecular weight excluding hydrogens is 385 g/mol. The molecule has 0 saturated carbocycles. The average Bonchev–Trinajstić information content (AvgIpc) is 3.30. The van der Waals surface area contributed by atoms with Crippen LogP contribution in [0.2, 0.25) is 0 Å². The molecule has 0 atom stereocenters. The first-order valence-electron chi connectivity index (χ1n) is 10.4. The minimum Gasteiger partial charge on any atom is -0.459 e. The molecule has 1 amide bonds. The van der Waals surface area contributed by atoms with Crippen molar-refractivity contribution in [2.24, 2.45) is 4.99 Å². The van der Waals surface area contributed by atoms with E-state index in [1.54, 1.807) is 24.3 Å². The lowest BCUT2D eigenvalue weighted by Gasteiger charge is -2.36. The van der Waals surface area contributed by atoms with Crippen molar-refractivity contribution in [1.82, 2.24) is 15.1 Å². The lowest BCUT2D eigenvalue weighted by molar-refractivity contribution is 0.0657. The van der Waals surface area contributed by atoms with Crippen LogP contribution in [0.25, 0.3) is 0 Å². The van der Waals surface area contributed by atoms with E-state index in [0.717, 1.165) is 25.5 Å². The number of piperazine rings is 1. The molecule has 0 bridgehead atoms.